The Kier molecular flexibility index (Phi) is 22.1. The molecule has 6 N–H and O–H groups in total. The zero-order valence-electron chi connectivity index (χ0n) is 47.2. The highest BCUT2D eigenvalue weighted by atomic mass is 32.2. The molecule has 0 atom stereocenters. The Morgan fingerprint density at radius 1 is 0.494 bits per heavy atom. The first kappa shape index (κ1) is 62.8. The van der Waals surface area contributed by atoms with E-state index in [-0.39, 0.29) is 23.2 Å². The summed E-state index contributed by atoms with van der Waals surface area (Å²) in [5.41, 5.74) is 2.05. The van der Waals surface area contributed by atoms with E-state index in [1.165, 1.54) is 36.4 Å². The number of benzene rings is 3. The molecule has 3 aliphatic rings. The van der Waals surface area contributed by atoms with Crippen LogP contribution in [0.5, 0.6) is 0 Å². The van der Waals surface area contributed by atoms with Crippen LogP contribution in [0, 0.1) is 35.2 Å². The highest BCUT2D eigenvalue weighted by Crippen LogP contribution is 2.30. The van der Waals surface area contributed by atoms with Gasteiger partial charge in [0.05, 0.1) is 32.8 Å². The lowest BCUT2D eigenvalue weighted by atomic mass is 9.86. The van der Waals surface area contributed by atoms with Gasteiger partial charge in [-0.3, -0.25) is 0 Å². The van der Waals surface area contributed by atoms with Gasteiger partial charge in [0.25, 0.3) is 0 Å². The van der Waals surface area contributed by atoms with Crippen LogP contribution in [0.4, 0.5) is 30.6 Å². The number of aromatic nitrogens is 6. The topological polar surface area (TPSA) is 228 Å². The largest absolute Gasteiger partial charge is 0.366 e. The SMILES string of the molecule is CC(C)(C)S(=O)(=O)NCC1CCC(Nc2ccn(-c3cccc(F)c3)n2)CC1.CC(C)S(=O)(=O)NCC1CCC(Nc2ccn(-c3cccc(F)c3)n2)CC1.CCS(=O)(=O)NCC1CCC(Nc2ccn(-c3cccc(F)c3)n2)CC1. The Morgan fingerprint density at radius 2 is 0.815 bits per heavy atom. The van der Waals surface area contributed by atoms with E-state index in [0.717, 1.165) is 94.5 Å². The molecule has 18 nitrogen and oxygen atoms in total. The van der Waals surface area contributed by atoms with Crippen molar-refractivity contribution in [2.45, 2.75) is 147 Å². The average Bonchev–Trinajstić information content (AvgIpc) is 4.35. The molecule has 0 amide bonds. The average molecular weight is 1180 g/mol. The van der Waals surface area contributed by atoms with Gasteiger partial charge in [-0.2, -0.15) is 15.3 Å². The zero-order valence-corrected chi connectivity index (χ0v) is 49.7. The van der Waals surface area contributed by atoms with Crippen LogP contribution < -0.4 is 30.1 Å². The number of hydrogen-bond acceptors (Lipinski definition) is 12. The van der Waals surface area contributed by atoms with Gasteiger partial charge >= 0.3 is 0 Å². The summed E-state index contributed by atoms with van der Waals surface area (Å²) < 4.78 is 124. The second-order valence-electron chi connectivity index (χ2n) is 22.6. The normalized spacial score (nSPS) is 20.8. The van der Waals surface area contributed by atoms with Gasteiger partial charge in [0.2, 0.25) is 30.1 Å². The standard InChI is InChI=1S/C20H29FN4O2S.C19H27FN4O2S.C18H25FN4O2S/c1-20(2,3)28(26,27)22-14-15-7-9-17(10-8-15)23-19-11-12-25(24-19)18-6-4-5-16(21)13-18;1-14(2)27(25,26)21-13-15-6-8-17(9-7-15)22-19-10-11-24(23-19)18-5-3-4-16(20)12-18;1-2-26(24,25)20-13-14-6-8-16(9-7-14)21-18-10-11-23(22-18)17-5-3-4-15(19)12-17/h4-6,11-13,15,17,22H,7-10,14H2,1-3H3,(H,23,24);3-5,10-12,14-15,17,21H,6-9,13H2,1-2H3,(H,22,23);3-5,10-12,14,16,20H,2,6-9,13H2,1H3,(H,21,22). The van der Waals surface area contributed by atoms with E-state index in [0.29, 0.717) is 72.6 Å². The molecule has 0 spiro atoms. The molecule has 0 radical (unpaired) electrons. The summed E-state index contributed by atoms with van der Waals surface area (Å²) in [6.07, 6.45) is 17.1. The van der Waals surface area contributed by atoms with Gasteiger partial charge < -0.3 is 16.0 Å². The molecule has 3 fully saturated rings. The van der Waals surface area contributed by atoms with Gasteiger partial charge in [-0.05, 0) is 191 Å². The molecule has 3 aromatic carbocycles. The monoisotopic (exact) mass is 1180 g/mol. The van der Waals surface area contributed by atoms with Crippen LogP contribution in [0.25, 0.3) is 17.1 Å². The lowest BCUT2D eigenvalue weighted by Crippen LogP contribution is -2.42. The van der Waals surface area contributed by atoms with Crippen molar-refractivity contribution in [3.05, 3.63) is 127 Å². The van der Waals surface area contributed by atoms with E-state index in [1.54, 1.807) is 73.8 Å². The number of rotatable bonds is 20. The number of hydrogen-bond donors (Lipinski definition) is 6. The lowest BCUT2D eigenvalue weighted by Gasteiger charge is -2.30. The molecular weight excluding hydrogens is 1100 g/mol. The van der Waals surface area contributed by atoms with Gasteiger partial charge in [0.15, 0.2) is 0 Å². The minimum atomic E-state index is -3.29. The lowest BCUT2D eigenvalue weighted by molar-refractivity contribution is 0.336. The molecule has 3 heterocycles. The van der Waals surface area contributed by atoms with Crippen LogP contribution in [0.1, 0.15) is 119 Å². The van der Waals surface area contributed by atoms with Crippen LogP contribution in [-0.2, 0) is 30.1 Å². The minimum Gasteiger partial charge on any atom is -0.366 e. The molecule has 6 aromatic rings. The first-order chi connectivity index (χ1) is 38.4. The third kappa shape index (κ3) is 19.4. The molecule has 0 unspecified atom stereocenters. The van der Waals surface area contributed by atoms with Crippen molar-refractivity contribution in [3.8, 4) is 17.1 Å². The third-order valence-electron chi connectivity index (χ3n) is 15.1. The zero-order chi connectivity index (χ0) is 58.4. The molecule has 24 heteroatoms. The Balaban J connectivity index is 0.000000175. The maximum Gasteiger partial charge on any atom is 0.216 e. The molecule has 3 saturated carbocycles. The molecule has 0 aliphatic heterocycles. The molecular formula is C57H81F3N12O6S3. The van der Waals surface area contributed by atoms with E-state index in [4.69, 9.17) is 0 Å². The van der Waals surface area contributed by atoms with E-state index in [1.807, 2.05) is 55.0 Å². The Hall–Kier alpha value is -5.79. The predicted octanol–water partition coefficient (Wildman–Crippen LogP) is 9.93. The molecule has 3 aliphatic carbocycles. The fraction of sp³-hybridized carbons (Fsp3) is 0.526. The van der Waals surface area contributed by atoms with Crippen molar-refractivity contribution in [2.24, 2.45) is 17.8 Å². The fourth-order valence-corrected chi connectivity index (χ4v) is 12.2. The number of nitrogens with zero attached hydrogens (tertiary/aromatic N) is 6. The highest BCUT2D eigenvalue weighted by molar-refractivity contribution is 7.91. The first-order valence-corrected chi connectivity index (χ1v) is 32.8. The molecule has 0 saturated heterocycles. The van der Waals surface area contributed by atoms with Crippen molar-refractivity contribution in [3.63, 3.8) is 0 Å². The maximum atomic E-state index is 13.4. The van der Waals surface area contributed by atoms with Gasteiger partial charge in [0.1, 0.15) is 34.9 Å². The molecule has 3 aromatic heterocycles. The van der Waals surface area contributed by atoms with Crippen molar-refractivity contribution in [2.75, 3.05) is 41.3 Å². The smallest absolute Gasteiger partial charge is 0.216 e. The minimum absolute atomic E-state index is 0.123. The Bertz CT molecular complexity index is 3270. The number of anilines is 3. The van der Waals surface area contributed by atoms with Gasteiger partial charge in [0, 0.05) is 74.5 Å². The van der Waals surface area contributed by atoms with E-state index < -0.39 is 40.1 Å². The van der Waals surface area contributed by atoms with E-state index in [9.17, 15) is 38.4 Å². The maximum absolute atomic E-state index is 13.4. The van der Waals surface area contributed by atoms with E-state index >= 15 is 0 Å². The van der Waals surface area contributed by atoms with Crippen LogP contribution in [0.2, 0.25) is 0 Å². The Labute approximate surface area is 477 Å². The predicted molar refractivity (Wildman–Crippen MR) is 315 cm³/mol. The summed E-state index contributed by atoms with van der Waals surface area (Å²) in [7, 11) is -9.60. The third-order valence-corrected chi connectivity index (χ3v) is 20.5. The Morgan fingerprint density at radius 3 is 1.11 bits per heavy atom. The number of halogens is 3. The molecule has 81 heavy (non-hydrogen) atoms. The van der Waals surface area contributed by atoms with Gasteiger partial charge in [-0.25, -0.2) is 66.6 Å². The summed E-state index contributed by atoms with van der Waals surface area (Å²) in [5.74, 6) is 2.68. The summed E-state index contributed by atoms with van der Waals surface area (Å²) in [5, 5.41) is 23.3. The summed E-state index contributed by atoms with van der Waals surface area (Å²) >= 11 is 0. The van der Waals surface area contributed by atoms with Crippen LogP contribution in [0.3, 0.4) is 0 Å². The summed E-state index contributed by atoms with van der Waals surface area (Å²) in [6, 6.07) is 25.6. The van der Waals surface area contributed by atoms with Crippen LogP contribution in [-0.4, -0.2) is 108 Å². The number of sulfonamides is 3. The van der Waals surface area contributed by atoms with E-state index in [2.05, 4.69) is 45.4 Å². The first-order valence-electron chi connectivity index (χ1n) is 28.1. The second kappa shape index (κ2) is 28.5. The number of nitrogens with one attached hydrogen (secondary N) is 6. The van der Waals surface area contributed by atoms with Crippen LogP contribution in [0.15, 0.2) is 110 Å². The van der Waals surface area contributed by atoms with Crippen molar-refractivity contribution in [1.29, 1.82) is 0 Å². The highest BCUT2D eigenvalue weighted by Gasteiger charge is 2.31. The van der Waals surface area contributed by atoms with Gasteiger partial charge in [-0.15, -0.1) is 0 Å². The molecule has 9 rings (SSSR count). The van der Waals surface area contributed by atoms with Crippen LogP contribution >= 0.6 is 0 Å². The van der Waals surface area contributed by atoms with Gasteiger partial charge in [-0.1, -0.05) is 18.2 Å². The van der Waals surface area contributed by atoms with Crippen molar-refractivity contribution >= 4 is 47.5 Å². The van der Waals surface area contributed by atoms with Crippen molar-refractivity contribution < 1.29 is 38.4 Å². The molecule has 444 valence electrons. The molecule has 0 bridgehead atoms. The second-order valence-corrected chi connectivity index (χ2v) is 29.6. The van der Waals surface area contributed by atoms with Crippen molar-refractivity contribution in [1.82, 2.24) is 43.5 Å². The summed E-state index contributed by atoms with van der Waals surface area (Å²) in [4.78, 5) is 0. The fourth-order valence-electron chi connectivity index (χ4n) is 9.84. The summed E-state index contributed by atoms with van der Waals surface area (Å²) in [6.45, 7) is 11.7. The quantitative estimate of drug-likeness (QED) is 0.0420.